The van der Waals surface area contributed by atoms with E-state index in [0.717, 1.165) is 75.4 Å². The van der Waals surface area contributed by atoms with Crippen molar-refractivity contribution in [3.05, 3.63) is 23.3 Å². The second-order valence-corrected chi connectivity index (χ2v) is 31.0. The van der Waals surface area contributed by atoms with E-state index >= 15 is 0 Å². The van der Waals surface area contributed by atoms with Gasteiger partial charge in [-0.05, 0) is 165 Å². The fourth-order valence-corrected chi connectivity index (χ4v) is 18.4. The third-order valence-corrected chi connectivity index (χ3v) is 19.5. The van der Waals surface area contributed by atoms with Gasteiger partial charge in [-0.2, -0.15) is 0 Å². The summed E-state index contributed by atoms with van der Waals surface area (Å²) in [6.07, 6.45) is 17.3. The first kappa shape index (κ1) is 40.9. The third-order valence-electron chi connectivity index (χ3n) is 17.6. The van der Waals surface area contributed by atoms with Crippen LogP contribution in [0.2, 0.25) is 39.3 Å². The van der Waals surface area contributed by atoms with Gasteiger partial charge >= 0.3 is 11.9 Å². The average Bonchev–Trinajstić information content (AvgIpc) is 3.62. The van der Waals surface area contributed by atoms with Crippen molar-refractivity contribution in [2.45, 2.75) is 167 Å². The van der Waals surface area contributed by atoms with Crippen LogP contribution in [0.25, 0.3) is 0 Å². The van der Waals surface area contributed by atoms with Crippen molar-refractivity contribution < 1.29 is 37.5 Å². The maximum Gasteiger partial charge on any atom is 0.316 e. The molecule has 6 saturated carbocycles. The molecule has 0 aromatic heterocycles. The van der Waals surface area contributed by atoms with E-state index in [9.17, 15) is 19.2 Å². The van der Waals surface area contributed by atoms with Gasteiger partial charge in [0.15, 0.2) is 16.6 Å². The number of hydrogen-bond donors (Lipinski definition) is 0. The molecular weight excluding hydrogens is 737 g/mol. The van der Waals surface area contributed by atoms with E-state index in [-0.39, 0.29) is 34.6 Å². The smallest absolute Gasteiger partial charge is 0.316 e. The summed E-state index contributed by atoms with van der Waals surface area (Å²) in [6, 6.07) is 0. The van der Waals surface area contributed by atoms with Crippen molar-refractivity contribution in [1.29, 1.82) is 0 Å². The van der Waals surface area contributed by atoms with Crippen molar-refractivity contribution in [2.24, 2.45) is 57.2 Å². The second-order valence-electron chi connectivity index (χ2n) is 22.1. The molecule has 0 bridgehead atoms. The minimum atomic E-state index is -2.27. The maximum atomic E-state index is 14.5. The van der Waals surface area contributed by atoms with Gasteiger partial charge in [0, 0.05) is 23.7 Å². The van der Waals surface area contributed by atoms with Crippen molar-refractivity contribution in [3.63, 3.8) is 0 Å². The van der Waals surface area contributed by atoms with E-state index in [1.54, 1.807) is 14.2 Å². The van der Waals surface area contributed by atoms with Crippen molar-refractivity contribution >= 4 is 40.1 Å². The molecule has 8 aliphatic rings. The first-order valence-corrected chi connectivity index (χ1v) is 29.1. The first-order chi connectivity index (χ1) is 26.2. The Hall–Kier alpha value is -1.89. The van der Waals surface area contributed by atoms with E-state index in [2.05, 4.69) is 65.3 Å². The summed E-state index contributed by atoms with van der Waals surface area (Å²) >= 11 is 0. The van der Waals surface area contributed by atoms with Crippen LogP contribution in [0.4, 0.5) is 0 Å². The molecule has 6 fully saturated rings. The van der Waals surface area contributed by atoms with Gasteiger partial charge in [0.2, 0.25) is 0 Å². The Balaban J connectivity index is 1.27. The Morgan fingerprint density at radius 1 is 0.536 bits per heavy atom. The highest BCUT2D eigenvalue weighted by Gasteiger charge is 2.70. The van der Waals surface area contributed by atoms with Gasteiger partial charge in [0.1, 0.15) is 22.8 Å². The molecule has 310 valence electrons. The zero-order chi connectivity index (χ0) is 40.5. The van der Waals surface area contributed by atoms with Crippen LogP contribution >= 0.6 is 0 Å². The summed E-state index contributed by atoms with van der Waals surface area (Å²) < 4.78 is 26.9. The predicted octanol–water partition coefficient (Wildman–Crippen LogP) is 9.54. The molecule has 56 heavy (non-hydrogen) atoms. The summed E-state index contributed by atoms with van der Waals surface area (Å²) in [4.78, 5) is 55.6. The van der Waals surface area contributed by atoms with Gasteiger partial charge in [-0.25, -0.2) is 0 Å². The van der Waals surface area contributed by atoms with E-state index in [1.165, 1.54) is 0 Å². The van der Waals surface area contributed by atoms with Crippen molar-refractivity contribution in [2.75, 3.05) is 14.2 Å². The van der Waals surface area contributed by atoms with E-state index in [1.807, 2.05) is 0 Å². The zero-order valence-electron chi connectivity index (χ0n) is 36.2. The fraction of sp³-hybridized carbons (Fsp3) is 0.826. The number of carbonyl (C=O) groups is 4. The number of Topliss-reactive ketones (excluding diaryl/α,β-unsaturated/α-hetero) is 2. The largest absolute Gasteiger partial charge is 0.468 e. The first-order valence-electron chi connectivity index (χ1n) is 22.2. The minimum absolute atomic E-state index is 0.129. The summed E-state index contributed by atoms with van der Waals surface area (Å²) in [5, 5.41) is 0. The van der Waals surface area contributed by atoms with Gasteiger partial charge in [0.05, 0.1) is 25.0 Å². The van der Waals surface area contributed by atoms with E-state index < -0.39 is 38.7 Å². The number of ketones is 2. The lowest BCUT2D eigenvalue weighted by Crippen LogP contribution is -2.67. The SMILES string of the molecule is COC(=O)[C@]12CC[C@@](O[Si](C)(C)C)([C@]3(O[Si](C)(C)C)C=C4CC[C@@H]5[C@H](CC[C@]6(C)C(=O)CC[C@@H]56)[C@@]4(C(=O)OC)CC3)C=C1CC[C@@H]1[C@@H]2CC[C@]2(C)C(=O)CC[C@@H]12. The lowest BCUT2D eigenvalue weighted by atomic mass is 9.44. The quantitative estimate of drug-likeness (QED) is 0.142. The second kappa shape index (κ2) is 13.3. The van der Waals surface area contributed by atoms with E-state index in [0.29, 0.717) is 73.8 Å². The Morgan fingerprint density at radius 3 is 1.25 bits per heavy atom. The molecule has 8 nitrogen and oxygen atoms in total. The monoisotopic (exact) mass is 806 g/mol. The predicted molar refractivity (Wildman–Crippen MR) is 220 cm³/mol. The van der Waals surface area contributed by atoms with Crippen LogP contribution in [0.5, 0.6) is 0 Å². The fourth-order valence-electron chi connectivity index (χ4n) is 15.5. The van der Waals surface area contributed by atoms with Gasteiger partial charge in [-0.15, -0.1) is 0 Å². The van der Waals surface area contributed by atoms with Crippen LogP contribution in [-0.2, 0) is 37.5 Å². The highest BCUT2D eigenvalue weighted by molar-refractivity contribution is 6.70. The van der Waals surface area contributed by atoms with Crippen LogP contribution in [0.1, 0.15) is 117 Å². The number of fused-ring (bicyclic) bond motifs is 10. The Labute approximate surface area is 338 Å². The summed E-state index contributed by atoms with van der Waals surface area (Å²) in [5.41, 5.74) is -1.44. The molecule has 0 saturated heterocycles. The number of esters is 2. The lowest BCUT2D eigenvalue weighted by molar-refractivity contribution is -0.173. The molecule has 0 radical (unpaired) electrons. The zero-order valence-corrected chi connectivity index (χ0v) is 38.2. The minimum Gasteiger partial charge on any atom is -0.468 e. The van der Waals surface area contributed by atoms with Gasteiger partial charge in [-0.1, -0.05) is 37.1 Å². The van der Waals surface area contributed by atoms with Crippen molar-refractivity contribution in [3.8, 4) is 0 Å². The molecule has 0 aromatic rings. The molecule has 0 heterocycles. The topological polar surface area (TPSA) is 105 Å². The maximum absolute atomic E-state index is 14.5. The Kier molecular flexibility index (Phi) is 9.71. The van der Waals surface area contributed by atoms with Crippen LogP contribution in [0, 0.1) is 57.2 Å². The van der Waals surface area contributed by atoms with Crippen molar-refractivity contribution in [1.82, 2.24) is 0 Å². The number of rotatable bonds is 7. The van der Waals surface area contributed by atoms with Gasteiger partial charge < -0.3 is 18.3 Å². The van der Waals surface area contributed by atoms with Gasteiger partial charge in [-0.3, -0.25) is 19.2 Å². The Morgan fingerprint density at radius 2 is 0.911 bits per heavy atom. The highest BCUT2D eigenvalue weighted by Crippen LogP contribution is 2.70. The van der Waals surface area contributed by atoms with Gasteiger partial charge in [0.25, 0.3) is 0 Å². The molecule has 8 aliphatic carbocycles. The standard InChI is InChI=1S/C46H70O8Si2/c1-41-21-19-35-31(33(41)15-17-37(41)47)13-11-29-27-43(53-55(5,6)7,23-25-45(29,35)39(49)51-3)44(54-56(8,9)10)24-26-46(40(50)52-4)30(28-44)12-14-32-34-16-18-38(48)42(34,2)22-20-36(32)46/h27-28,31-36H,11-26H2,1-10H3/t31-,32-,33-,34-,35-,36-,41-,42-,43-,44+,45+,46+/m0/s1. The molecule has 0 unspecified atom stereocenters. The molecule has 10 heteroatoms. The molecule has 8 rings (SSSR count). The molecule has 0 spiro atoms. The molecule has 0 amide bonds. The summed E-state index contributed by atoms with van der Waals surface area (Å²) in [7, 11) is -1.46. The number of carbonyl (C=O) groups excluding carboxylic acids is 4. The normalized spacial score (nSPS) is 45.9. The molecule has 12 atom stereocenters. The number of methoxy groups -OCH3 is 2. The number of ether oxygens (including phenoxy) is 2. The van der Waals surface area contributed by atoms with Crippen LogP contribution < -0.4 is 0 Å². The summed E-state index contributed by atoms with van der Waals surface area (Å²) in [5.74, 6) is 2.07. The van der Waals surface area contributed by atoms with Crippen LogP contribution in [0.15, 0.2) is 23.3 Å². The van der Waals surface area contributed by atoms with Crippen LogP contribution in [0.3, 0.4) is 0 Å². The Bertz CT molecular complexity index is 1630. The van der Waals surface area contributed by atoms with E-state index in [4.69, 9.17) is 18.3 Å². The average molecular weight is 807 g/mol. The van der Waals surface area contributed by atoms with Crippen LogP contribution in [-0.4, -0.2) is 65.6 Å². The summed E-state index contributed by atoms with van der Waals surface area (Å²) in [6.45, 7) is 17.9. The lowest BCUT2D eigenvalue weighted by Gasteiger charge is -2.63. The third kappa shape index (κ3) is 5.66. The highest BCUT2D eigenvalue weighted by atomic mass is 28.4. The molecular formula is C46H70O8Si2. The molecule has 0 aromatic carbocycles. The molecule has 0 aliphatic heterocycles. The number of hydrogen-bond acceptors (Lipinski definition) is 8. The molecule has 0 N–H and O–H groups in total.